The molecule has 160 valence electrons. The van der Waals surface area contributed by atoms with Gasteiger partial charge in [-0.05, 0) is 63.1 Å². The number of carbonyl (C=O) groups excluding carboxylic acids is 1. The molecule has 1 heterocycles. The van der Waals surface area contributed by atoms with E-state index in [9.17, 15) is 17.6 Å². The molecule has 2 aliphatic rings. The van der Waals surface area contributed by atoms with Crippen molar-refractivity contribution < 1.29 is 22.3 Å². The molecular formula is C21H29FN2O4S. The Bertz CT molecular complexity index is 861. The van der Waals surface area contributed by atoms with E-state index in [-0.39, 0.29) is 35.6 Å². The lowest BCUT2D eigenvalue weighted by atomic mass is 9.96. The minimum Gasteiger partial charge on any atom is -0.495 e. The predicted molar refractivity (Wildman–Crippen MR) is 109 cm³/mol. The molecule has 29 heavy (non-hydrogen) atoms. The molecule has 0 atom stereocenters. The first-order valence-corrected chi connectivity index (χ1v) is 11.6. The molecule has 6 nitrogen and oxygen atoms in total. The lowest BCUT2D eigenvalue weighted by Crippen LogP contribution is -2.43. The van der Waals surface area contributed by atoms with Crippen LogP contribution < -0.4 is 10.1 Å². The smallest absolute Gasteiger partial charge is 0.246 e. The van der Waals surface area contributed by atoms with Gasteiger partial charge < -0.3 is 10.1 Å². The van der Waals surface area contributed by atoms with E-state index in [4.69, 9.17) is 4.74 Å². The van der Waals surface area contributed by atoms with Gasteiger partial charge in [0.25, 0.3) is 0 Å². The molecule has 0 aromatic heterocycles. The van der Waals surface area contributed by atoms with Crippen LogP contribution in [0.1, 0.15) is 44.9 Å². The Morgan fingerprint density at radius 2 is 2.03 bits per heavy atom. The zero-order chi connectivity index (χ0) is 20.9. The molecule has 1 fully saturated rings. The quantitative estimate of drug-likeness (QED) is 0.682. The van der Waals surface area contributed by atoms with Crippen LogP contribution in [0.5, 0.6) is 5.75 Å². The number of methoxy groups -OCH3 is 1. The van der Waals surface area contributed by atoms with Crippen LogP contribution in [0.15, 0.2) is 34.7 Å². The van der Waals surface area contributed by atoms with E-state index < -0.39 is 15.8 Å². The van der Waals surface area contributed by atoms with Crippen LogP contribution in [0, 0.1) is 11.7 Å². The number of sulfonamides is 1. The van der Waals surface area contributed by atoms with Gasteiger partial charge in [-0.2, -0.15) is 4.31 Å². The van der Waals surface area contributed by atoms with Crippen LogP contribution in [0.25, 0.3) is 0 Å². The van der Waals surface area contributed by atoms with Gasteiger partial charge in [-0.25, -0.2) is 12.8 Å². The summed E-state index contributed by atoms with van der Waals surface area (Å²) in [4.78, 5) is 12.3. The number of nitrogens with zero attached hydrogens (tertiary/aromatic N) is 1. The summed E-state index contributed by atoms with van der Waals surface area (Å²) < 4.78 is 45.8. The first kappa shape index (κ1) is 21.8. The Labute approximate surface area is 172 Å². The minimum atomic E-state index is -3.88. The van der Waals surface area contributed by atoms with Crippen molar-refractivity contribution >= 4 is 15.9 Å². The molecule has 0 spiro atoms. The second-order valence-electron chi connectivity index (χ2n) is 7.62. The molecular weight excluding hydrogens is 395 g/mol. The van der Waals surface area contributed by atoms with Crippen molar-refractivity contribution in [2.75, 3.05) is 26.7 Å². The van der Waals surface area contributed by atoms with Crippen LogP contribution >= 0.6 is 0 Å². The predicted octanol–water partition coefficient (Wildman–Crippen LogP) is 3.24. The normalized spacial score (nSPS) is 18.9. The number of hydrogen-bond acceptors (Lipinski definition) is 4. The number of halogens is 1. The van der Waals surface area contributed by atoms with Gasteiger partial charge in [0.15, 0.2) is 0 Å². The average Bonchev–Trinajstić information content (AvgIpc) is 2.74. The highest BCUT2D eigenvalue weighted by Gasteiger charge is 2.33. The lowest BCUT2D eigenvalue weighted by Gasteiger charge is -2.31. The van der Waals surface area contributed by atoms with Gasteiger partial charge in [-0.1, -0.05) is 11.6 Å². The van der Waals surface area contributed by atoms with E-state index in [1.54, 1.807) is 0 Å². The summed E-state index contributed by atoms with van der Waals surface area (Å²) in [7, 11) is -2.53. The summed E-state index contributed by atoms with van der Waals surface area (Å²) in [6, 6.07) is 3.45. The first-order valence-electron chi connectivity index (χ1n) is 10.2. The van der Waals surface area contributed by atoms with E-state index in [2.05, 4.69) is 11.4 Å². The highest BCUT2D eigenvalue weighted by Crippen LogP contribution is 2.30. The maximum atomic E-state index is 13.6. The minimum absolute atomic E-state index is 0.0122. The Morgan fingerprint density at radius 1 is 1.28 bits per heavy atom. The van der Waals surface area contributed by atoms with Gasteiger partial charge in [-0.3, -0.25) is 4.79 Å². The highest BCUT2D eigenvalue weighted by molar-refractivity contribution is 7.89. The van der Waals surface area contributed by atoms with Crippen LogP contribution in [-0.2, 0) is 14.8 Å². The molecule has 1 amide bonds. The third kappa shape index (κ3) is 5.36. The maximum Gasteiger partial charge on any atom is 0.246 e. The molecule has 1 saturated heterocycles. The van der Waals surface area contributed by atoms with Crippen molar-refractivity contribution in [3.05, 3.63) is 35.7 Å². The molecule has 1 aromatic carbocycles. The summed E-state index contributed by atoms with van der Waals surface area (Å²) in [6.07, 6.45) is 8.79. The zero-order valence-corrected chi connectivity index (χ0v) is 17.6. The monoisotopic (exact) mass is 424 g/mol. The average molecular weight is 425 g/mol. The van der Waals surface area contributed by atoms with Crippen molar-refractivity contribution in [2.24, 2.45) is 5.92 Å². The standard InChI is InChI=1S/C21H29FN2O4S/c1-28-19-8-7-18(22)15-20(19)29(26,27)24-13-10-17(11-14-24)21(25)23-12-9-16-5-3-2-4-6-16/h5,7-8,15,17H,2-4,6,9-14H2,1H3,(H,23,25). The van der Waals surface area contributed by atoms with Crippen molar-refractivity contribution in [2.45, 2.75) is 49.8 Å². The fourth-order valence-corrected chi connectivity index (χ4v) is 5.61. The highest BCUT2D eigenvalue weighted by atomic mass is 32.2. The van der Waals surface area contributed by atoms with Gasteiger partial charge in [0.1, 0.15) is 16.5 Å². The van der Waals surface area contributed by atoms with Crippen LogP contribution in [0.2, 0.25) is 0 Å². The van der Waals surface area contributed by atoms with Gasteiger partial charge in [0.2, 0.25) is 15.9 Å². The number of rotatable bonds is 7. The largest absolute Gasteiger partial charge is 0.495 e. The number of nitrogens with one attached hydrogen (secondary N) is 1. The molecule has 1 aliphatic carbocycles. The van der Waals surface area contributed by atoms with E-state index in [0.29, 0.717) is 19.4 Å². The number of ether oxygens (including phenoxy) is 1. The van der Waals surface area contributed by atoms with Crippen molar-refractivity contribution in [3.8, 4) is 5.75 Å². The fraction of sp³-hybridized carbons (Fsp3) is 0.571. The second kappa shape index (κ2) is 9.71. The second-order valence-corrected chi connectivity index (χ2v) is 9.53. The van der Waals surface area contributed by atoms with Gasteiger partial charge in [0, 0.05) is 25.6 Å². The Hall–Kier alpha value is -1.93. The fourth-order valence-electron chi connectivity index (χ4n) is 3.97. The summed E-state index contributed by atoms with van der Waals surface area (Å²) in [5.74, 6) is -0.729. The summed E-state index contributed by atoms with van der Waals surface area (Å²) >= 11 is 0. The number of piperidine rings is 1. The zero-order valence-electron chi connectivity index (χ0n) is 16.8. The van der Waals surface area contributed by atoms with Crippen molar-refractivity contribution in [1.29, 1.82) is 0 Å². The molecule has 0 saturated carbocycles. The van der Waals surface area contributed by atoms with E-state index in [0.717, 1.165) is 31.4 Å². The molecule has 0 unspecified atom stereocenters. The molecule has 3 rings (SSSR count). The van der Waals surface area contributed by atoms with Crippen LogP contribution in [-0.4, -0.2) is 45.4 Å². The topological polar surface area (TPSA) is 75.7 Å². The molecule has 8 heteroatoms. The molecule has 1 aromatic rings. The summed E-state index contributed by atoms with van der Waals surface area (Å²) in [6.45, 7) is 1.08. The Balaban J connectivity index is 1.53. The molecule has 1 N–H and O–H groups in total. The molecule has 0 radical (unpaired) electrons. The van der Waals surface area contributed by atoms with Crippen molar-refractivity contribution in [3.63, 3.8) is 0 Å². The Morgan fingerprint density at radius 3 is 2.69 bits per heavy atom. The number of benzene rings is 1. The Kier molecular flexibility index (Phi) is 7.29. The SMILES string of the molecule is COc1ccc(F)cc1S(=O)(=O)N1CCC(C(=O)NCCC2=CCCCC2)CC1. The number of carbonyl (C=O) groups is 1. The molecule has 1 aliphatic heterocycles. The number of allylic oxidation sites excluding steroid dienone is 1. The number of amides is 1. The van der Waals surface area contributed by atoms with Crippen LogP contribution in [0.4, 0.5) is 4.39 Å². The first-order chi connectivity index (χ1) is 13.9. The van der Waals surface area contributed by atoms with E-state index in [1.807, 2.05) is 0 Å². The third-order valence-electron chi connectivity index (χ3n) is 5.70. The van der Waals surface area contributed by atoms with Gasteiger partial charge in [0.05, 0.1) is 7.11 Å². The van der Waals surface area contributed by atoms with Crippen LogP contribution in [0.3, 0.4) is 0 Å². The summed E-state index contributed by atoms with van der Waals surface area (Å²) in [5, 5.41) is 2.99. The molecule has 0 bridgehead atoms. The third-order valence-corrected chi connectivity index (χ3v) is 7.62. The maximum absolute atomic E-state index is 13.6. The van der Waals surface area contributed by atoms with Gasteiger partial charge >= 0.3 is 0 Å². The number of hydrogen-bond donors (Lipinski definition) is 1. The van der Waals surface area contributed by atoms with E-state index >= 15 is 0 Å². The van der Waals surface area contributed by atoms with E-state index in [1.165, 1.54) is 35.9 Å². The van der Waals surface area contributed by atoms with Crippen molar-refractivity contribution in [1.82, 2.24) is 9.62 Å². The van der Waals surface area contributed by atoms with Gasteiger partial charge in [-0.15, -0.1) is 0 Å². The summed E-state index contributed by atoms with van der Waals surface area (Å²) in [5.41, 5.74) is 1.42. The lowest BCUT2D eigenvalue weighted by molar-refractivity contribution is -0.126.